The van der Waals surface area contributed by atoms with Gasteiger partial charge in [-0.3, -0.25) is 0 Å². The minimum atomic E-state index is -0.434. The molecule has 0 saturated carbocycles. The van der Waals surface area contributed by atoms with E-state index in [0.717, 1.165) is 0 Å². The first kappa shape index (κ1) is 12.9. The van der Waals surface area contributed by atoms with Gasteiger partial charge in [-0.25, -0.2) is 9.18 Å². The molecule has 0 amide bonds. The molecule has 0 aliphatic heterocycles. The van der Waals surface area contributed by atoms with E-state index < -0.39 is 5.97 Å². The van der Waals surface area contributed by atoms with Gasteiger partial charge in [-0.1, -0.05) is 28.1 Å². The minimum absolute atomic E-state index is 0.303. The van der Waals surface area contributed by atoms with Crippen molar-refractivity contribution in [3.63, 3.8) is 0 Å². The fourth-order valence-corrected chi connectivity index (χ4v) is 1.42. The maximum Gasteiger partial charge on any atom is 0.338 e. The van der Waals surface area contributed by atoms with Crippen molar-refractivity contribution < 1.29 is 13.9 Å². The molecule has 0 atom stereocenters. The first-order chi connectivity index (χ1) is 7.69. The number of ether oxygens (including phenoxy) is 1. The number of hydrogen-bond acceptors (Lipinski definition) is 2. The summed E-state index contributed by atoms with van der Waals surface area (Å²) in [5, 5.41) is 0.645. The zero-order valence-corrected chi connectivity index (χ0v) is 10.5. The van der Waals surface area contributed by atoms with E-state index in [2.05, 4.69) is 15.9 Å². The lowest BCUT2D eigenvalue weighted by Gasteiger charge is -2.05. The molecule has 0 aromatic heterocycles. The number of benzene rings is 1. The van der Waals surface area contributed by atoms with Crippen LogP contribution in [0.15, 0.2) is 24.3 Å². The van der Waals surface area contributed by atoms with Gasteiger partial charge in [-0.05, 0) is 30.7 Å². The molecule has 0 aliphatic rings. The van der Waals surface area contributed by atoms with Crippen molar-refractivity contribution in [2.24, 2.45) is 0 Å². The van der Waals surface area contributed by atoms with Crippen LogP contribution in [-0.2, 0) is 4.74 Å². The number of carbonyl (C=O) groups excluding carboxylic acids is 1. The van der Waals surface area contributed by atoms with Crippen LogP contribution >= 0.6 is 15.9 Å². The van der Waals surface area contributed by atoms with Gasteiger partial charge in [0.15, 0.2) is 0 Å². The fourth-order valence-electron chi connectivity index (χ4n) is 1.24. The Hall–Kier alpha value is -1.16. The molecule has 4 heteroatoms. The van der Waals surface area contributed by atoms with Crippen molar-refractivity contribution in [3.05, 3.63) is 41.2 Å². The summed E-state index contributed by atoms with van der Waals surface area (Å²) in [5.74, 6) is -0.806. The lowest BCUT2D eigenvalue weighted by atomic mass is 10.1. The van der Waals surface area contributed by atoms with E-state index in [-0.39, 0.29) is 5.82 Å². The van der Waals surface area contributed by atoms with E-state index in [1.165, 1.54) is 18.2 Å². The van der Waals surface area contributed by atoms with Crippen molar-refractivity contribution in [1.82, 2.24) is 0 Å². The number of alkyl halides is 1. The zero-order chi connectivity index (χ0) is 12.0. The average Bonchev–Trinajstić information content (AvgIpc) is 2.26. The minimum Gasteiger partial charge on any atom is -0.462 e. The summed E-state index contributed by atoms with van der Waals surface area (Å²) < 4.78 is 17.9. The predicted octanol–water partition coefficient (Wildman–Crippen LogP) is 3.41. The van der Waals surface area contributed by atoms with E-state index in [4.69, 9.17) is 4.74 Å². The molecule has 1 aromatic carbocycles. The Balaban J connectivity index is 3.06. The summed E-state index contributed by atoms with van der Waals surface area (Å²) in [5.41, 5.74) is 0.901. The van der Waals surface area contributed by atoms with Crippen LogP contribution in [0.4, 0.5) is 4.39 Å². The smallest absolute Gasteiger partial charge is 0.338 e. The Bertz CT molecular complexity index is 402. The molecular weight excluding hydrogens is 275 g/mol. The normalized spacial score (nSPS) is 10.7. The third-order valence-corrected chi connectivity index (χ3v) is 2.27. The lowest BCUT2D eigenvalue weighted by Crippen LogP contribution is -2.06. The second-order valence-electron chi connectivity index (χ2n) is 3.01. The highest BCUT2D eigenvalue weighted by molar-refractivity contribution is 9.09. The van der Waals surface area contributed by atoms with Gasteiger partial charge in [-0.2, -0.15) is 0 Å². The third kappa shape index (κ3) is 3.45. The van der Waals surface area contributed by atoms with Gasteiger partial charge in [0.05, 0.1) is 12.2 Å². The molecule has 2 nitrogen and oxygen atoms in total. The van der Waals surface area contributed by atoms with E-state index in [0.29, 0.717) is 23.1 Å². The summed E-state index contributed by atoms with van der Waals surface area (Å²) in [6.07, 6.45) is 3.47. The topological polar surface area (TPSA) is 26.3 Å². The van der Waals surface area contributed by atoms with Crippen molar-refractivity contribution in [2.75, 3.05) is 11.9 Å². The highest BCUT2D eigenvalue weighted by atomic mass is 79.9. The standard InChI is InChI=1S/C12H12BrFO2/c1-2-16-12(15)11-6-5-10(14)8-9(11)4-3-7-13/h3-6,8H,2,7H2,1H3. The fraction of sp³-hybridized carbons (Fsp3) is 0.250. The first-order valence-corrected chi connectivity index (χ1v) is 6.00. The van der Waals surface area contributed by atoms with Gasteiger partial charge in [0.2, 0.25) is 0 Å². The van der Waals surface area contributed by atoms with E-state index in [1.807, 2.05) is 0 Å². The van der Waals surface area contributed by atoms with Gasteiger partial charge < -0.3 is 4.74 Å². The van der Waals surface area contributed by atoms with Crippen molar-refractivity contribution in [1.29, 1.82) is 0 Å². The molecule has 16 heavy (non-hydrogen) atoms. The molecule has 1 aromatic rings. The summed E-state index contributed by atoms with van der Waals surface area (Å²) >= 11 is 3.22. The van der Waals surface area contributed by atoms with Crippen LogP contribution in [0.2, 0.25) is 0 Å². The van der Waals surface area contributed by atoms with Crippen LogP contribution in [0.3, 0.4) is 0 Å². The molecule has 0 unspecified atom stereocenters. The Morgan fingerprint density at radius 3 is 2.94 bits per heavy atom. The number of esters is 1. The second kappa shape index (κ2) is 6.43. The summed E-state index contributed by atoms with van der Waals surface area (Å²) in [6.45, 7) is 2.03. The largest absolute Gasteiger partial charge is 0.462 e. The lowest BCUT2D eigenvalue weighted by molar-refractivity contribution is 0.0526. The highest BCUT2D eigenvalue weighted by Gasteiger charge is 2.11. The van der Waals surface area contributed by atoms with Crippen LogP contribution in [0.1, 0.15) is 22.8 Å². The number of halogens is 2. The van der Waals surface area contributed by atoms with Gasteiger partial charge in [0.25, 0.3) is 0 Å². The second-order valence-corrected chi connectivity index (χ2v) is 3.66. The first-order valence-electron chi connectivity index (χ1n) is 4.88. The average molecular weight is 287 g/mol. The molecule has 0 spiro atoms. The molecule has 0 N–H and O–H groups in total. The molecule has 86 valence electrons. The van der Waals surface area contributed by atoms with Crippen LogP contribution in [-0.4, -0.2) is 17.9 Å². The van der Waals surface area contributed by atoms with Gasteiger partial charge in [0, 0.05) is 5.33 Å². The van der Waals surface area contributed by atoms with Gasteiger partial charge >= 0.3 is 5.97 Å². The summed E-state index contributed by atoms with van der Waals surface area (Å²) in [6, 6.07) is 3.99. The number of rotatable bonds is 4. The predicted molar refractivity (Wildman–Crippen MR) is 65.2 cm³/mol. The molecule has 0 saturated heterocycles. The Kier molecular flexibility index (Phi) is 5.19. The van der Waals surface area contributed by atoms with Crippen LogP contribution < -0.4 is 0 Å². The third-order valence-electron chi connectivity index (χ3n) is 1.90. The van der Waals surface area contributed by atoms with Crippen molar-refractivity contribution >= 4 is 28.0 Å². The van der Waals surface area contributed by atoms with E-state index >= 15 is 0 Å². The molecule has 1 rings (SSSR count). The molecule has 0 aliphatic carbocycles. The van der Waals surface area contributed by atoms with Crippen LogP contribution in [0, 0.1) is 5.82 Å². The summed E-state index contributed by atoms with van der Waals surface area (Å²) in [7, 11) is 0. The summed E-state index contributed by atoms with van der Waals surface area (Å²) in [4.78, 5) is 11.5. The van der Waals surface area contributed by atoms with Gasteiger partial charge in [-0.15, -0.1) is 0 Å². The van der Waals surface area contributed by atoms with Gasteiger partial charge in [0.1, 0.15) is 5.82 Å². The molecule has 0 bridgehead atoms. The maximum atomic E-state index is 13.0. The van der Waals surface area contributed by atoms with E-state index in [1.54, 1.807) is 19.1 Å². The van der Waals surface area contributed by atoms with Crippen LogP contribution in [0.25, 0.3) is 6.08 Å². The van der Waals surface area contributed by atoms with Crippen molar-refractivity contribution in [2.45, 2.75) is 6.92 Å². The monoisotopic (exact) mass is 286 g/mol. The number of carbonyl (C=O) groups is 1. The molecule has 0 radical (unpaired) electrons. The number of hydrogen-bond donors (Lipinski definition) is 0. The number of allylic oxidation sites excluding steroid dienone is 1. The Morgan fingerprint density at radius 1 is 1.56 bits per heavy atom. The van der Waals surface area contributed by atoms with Crippen LogP contribution in [0.5, 0.6) is 0 Å². The van der Waals surface area contributed by atoms with E-state index in [9.17, 15) is 9.18 Å². The van der Waals surface area contributed by atoms with Crippen molar-refractivity contribution in [3.8, 4) is 0 Å². The molecular formula is C12H12BrFO2. The highest BCUT2D eigenvalue weighted by Crippen LogP contribution is 2.14. The Labute approximate surface area is 102 Å². The molecule has 0 heterocycles. The zero-order valence-electron chi connectivity index (χ0n) is 8.87. The quantitative estimate of drug-likeness (QED) is 0.626. The Morgan fingerprint density at radius 2 is 2.31 bits per heavy atom. The SMILES string of the molecule is CCOC(=O)c1ccc(F)cc1C=CCBr. The maximum absolute atomic E-state index is 13.0. The molecule has 0 fully saturated rings.